The largest absolute Gasteiger partial charge is 0.497 e. The summed E-state index contributed by atoms with van der Waals surface area (Å²) in [6.45, 7) is 0.515. The highest BCUT2D eigenvalue weighted by Gasteiger charge is 2.07. The molecule has 1 N–H and O–H groups in total. The Morgan fingerprint density at radius 1 is 0.957 bits per heavy atom. The summed E-state index contributed by atoms with van der Waals surface area (Å²) in [5.74, 6) is 1.45. The van der Waals surface area contributed by atoms with Crippen molar-refractivity contribution in [2.24, 2.45) is 0 Å². The first kappa shape index (κ1) is 15.0. The minimum Gasteiger partial charge on any atom is -0.497 e. The number of hydrogen-bond donors (Lipinski definition) is 1. The van der Waals surface area contributed by atoms with Crippen LogP contribution in [0.3, 0.4) is 0 Å². The Kier molecular flexibility index (Phi) is 4.19. The van der Waals surface area contributed by atoms with E-state index in [2.05, 4.69) is 5.32 Å². The van der Waals surface area contributed by atoms with Crippen LogP contribution in [0.2, 0.25) is 0 Å². The van der Waals surface area contributed by atoms with Crippen molar-refractivity contribution in [2.75, 3.05) is 19.5 Å². The first-order chi connectivity index (χ1) is 11.2. The smallest absolute Gasteiger partial charge is 0.336 e. The zero-order valence-corrected chi connectivity index (χ0v) is 13.0. The Labute approximate surface area is 133 Å². The number of ether oxygens (including phenoxy) is 2. The monoisotopic (exact) mass is 311 g/mol. The predicted molar refractivity (Wildman–Crippen MR) is 89.4 cm³/mol. The van der Waals surface area contributed by atoms with Gasteiger partial charge in [-0.3, -0.25) is 0 Å². The minimum atomic E-state index is -0.378. The molecule has 5 heteroatoms. The van der Waals surface area contributed by atoms with Gasteiger partial charge in [0.25, 0.3) is 0 Å². The van der Waals surface area contributed by atoms with E-state index in [1.54, 1.807) is 20.3 Å². The summed E-state index contributed by atoms with van der Waals surface area (Å²) in [5.41, 5.74) is 1.95. The van der Waals surface area contributed by atoms with Crippen molar-refractivity contribution in [1.29, 1.82) is 0 Å². The maximum atomic E-state index is 11.7. The molecule has 5 nitrogen and oxygen atoms in total. The molecule has 2 aromatic carbocycles. The molecule has 0 unspecified atom stereocenters. The minimum absolute atomic E-state index is 0.378. The van der Waals surface area contributed by atoms with Crippen LogP contribution in [0.4, 0.5) is 5.69 Å². The molecule has 0 amide bonds. The summed E-state index contributed by atoms with van der Waals surface area (Å²) in [6.07, 6.45) is 0. The van der Waals surface area contributed by atoms with Gasteiger partial charge in [0, 0.05) is 29.8 Å². The summed E-state index contributed by atoms with van der Waals surface area (Å²) in [6, 6.07) is 14.6. The van der Waals surface area contributed by atoms with E-state index in [1.807, 2.05) is 36.4 Å². The second-order valence-corrected chi connectivity index (χ2v) is 5.03. The summed E-state index contributed by atoms with van der Waals surface area (Å²) < 4.78 is 15.5. The van der Waals surface area contributed by atoms with Gasteiger partial charge in [0.15, 0.2) is 0 Å². The average Bonchev–Trinajstić information content (AvgIpc) is 2.59. The van der Waals surface area contributed by atoms with E-state index in [1.165, 1.54) is 6.07 Å². The molecule has 23 heavy (non-hydrogen) atoms. The number of fused-ring (bicyclic) bond motifs is 1. The molecular weight excluding hydrogens is 294 g/mol. The molecule has 1 heterocycles. The van der Waals surface area contributed by atoms with Crippen molar-refractivity contribution in [3.63, 3.8) is 0 Å². The maximum absolute atomic E-state index is 11.7. The van der Waals surface area contributed by atoms with Crippen LogP contribution in [0, 0.1) is 0 Å². The highest BCUT2D eigenvalue weighted by molar-refractivity contribution is 5.81. The van der Waals surface area contributed by atoms with Gasteiger partial charge >= 0.3 is 5.63 Å². The van der Waals surface area contributed by atoms with Crippen LogP contribution < -0.4 is 20.4 Å². The fourth-order valence-electron chi connectivity index (χ4n) is 2.39. The van der Waals surface area contributed by atoms with E-state index in [4.69, 9.17) is 13.9 Å². The third kappa shape index (κ3) is 3.29. The van der Waals surface area contributed by atoms with E-state index in [-0.39, 0.29) is 5.63 Å². The molecule has 0 aliphatic rings. The summed E-state index contributed by atoms with van der Waals surface area (Å²) in [4.78, 5) is 11.7. The molecule has 118 valence electrons. The van der Waals surface area contributed by atoms with Crippen LogP contribution in [0.1, 0.15) is 5.56 Å². The third-order valence-electron chi connectivity index (χ3n) is 3.61. The molecule has 3 aromatic rings. The molecule has 0 aliphatic carbocycles. The van der Waals surface area contributed by atoms with Crippen LogP contribution in [0.25, 0.3) is 11.0 Å². The zero-order valence-electron chi connectivity index (χ0n) is 13.0. The number of methoxy groups -OCH3 is 2. The quantitative estimate of drug-likeness (QED) is 0.732. The molecule has 0 atom stereocenters. The van der Waals surface area contributed by atoms with E-state index in [0.29, 0.717) is 17.9 Å². The Hall–Kier alpha value is -2.95. The van der Waals surface area contributed by atoms with Crippen molar-refractivity contribution in [3.05, 3.63) is 64.5 Å². The lowest BCUT2D eigenvalue weighted by Gasteiger charge is -2.10. The summed E-state index contributed by atoms with van der Waals surface area (Å²) in [5, 5.41) is 4.17. The molecule has 1 aromatic heterocycles. The lowest BCUT2D eigenvalue weighted by Crippen LogP contribution is -2.05. The lowest BCUT2D eigenvalue weighted by atomic mass is 10.1. The molecule has 0 aliphatic heterocycles. The Balaban J connectivity index is 1.88. The molecule has 0 spiro atoms. The number of anilines is 1. The zero-order chi connectivity index (χ0) is 16.2. The van der Waals surface area contributed by atoms with Gasteiger partial charge in [-0.25, -0.2) is 4.79 Å². The third-order valence-corrected chi connectivity index (χ3v) is 3.61. The van der Waals surface area contributed by atoms with Gasteiger partial charge in [-0.15, -0.1) is 0 Å². The Bertz CT molecular complexity index is 868. The summed E-state index contributed by atoms with van der Waals surface area (Å²) in [7, 11) is 3.21. The number of benzene rings is 2. The first-order valence-corrected chi connectivity index (χ1v) is 7.18. The van der Waals surface area contributed by atoms with Crippen LogP contribution in [-0.2, 0) is 6.54 Å². The SMILES string of the molecule is COc1ccc(NCc2cc(=O)oc3cc(OC)ccc23)cc1. The van der Waals surface area contributed by atoms with Gasteiger partial charge in [-0.05, 0) is 42.0 Å². The van der Waals surface area contributed by atoms with Gasteiger partial charge in [0.2, 0.25) is 0 Å². The molecule has 3 rings (SSSR count). The van der Waals surface area contributed by atoms with E-state index < -0.39 is 0 Å². The van der Waals surface area contributed by atoms with E-state index in [9.17, 15) is 4.79 Å². The van der Waals surface area contributed by atoms with Crippen LogP contribution in [0.5, 0.6) is 11.5 Å². The number of rotatable bonds is 5. The summed E-state index contributed by atoms with van der Waals surface area (Å²) >= 11 is 0. The van der Waals surface area contributed by atoms with Gasteiger partial charge in [-0.1, -0.05) is 0 Å². The number of hydrogen-bond acceptors (Lipinski definition) is 5. The highest BCUT2D eigenvalue weighted by atomic mass is 16.5. The average molecular weight is 311 g/mol. The molecule has 0 saturated heterocycles. The van der Waals surface area contributed by atoms with E-state index >= 15 is 0 Å². The van der Waals surface area contributed by atoms with Crippen molar-refractivity contribution >= 4 is 16.7 Å². The highest BCUT2D eigenvalue weighted by Crippen LogP contribution is 2.23. The van der Waals surface area contributed by atoms with Crippen molar-refractivity contribution in [3.8, 4) is 11.5 Å². The molecule has 0 saturated carbocycles. The Morgan fingerprint density at radius 3 is 2.35 bits per heavy atom. The second-order valence-electron chi connectivity index (χ2n) is 5.03. The van der Waals surface area contributed by atoms with Crippen molar-refractivity contribution in [2.45, 2.75) is 6.54 Å². The van der Waals surface area contributed by atoms with Gasteiger partial charge in [0.1, 0.15) is 17.1 Å². The van der Waals surface area contributed by atoms with Crippen LogP contribution >= 0.6 is 0 Å². The molecular formula is C18H17NO4. The van der Waals surface area contributed by atoms with Gasteiger partial charge in [-0.2, -0.15) is 0 Å². The van der Waals surface area contributed by atoms with E-state index in [0.717, 1.165) is 22.4 Å². The fraction of sp³-hybridized carbons (Fsp3) is 0.167. The lowest BCUT2D eigenvalue weighted by molar-refractivity contribution is 0.414. The second kappa shape index (κ2) is 6.44. The van der Waals surface area contributed by atoms with Crippen molar-refractivity contribution < 1.29 is 13.9 Å². The molecule has 0 radical (unpaired) electrons. The van der Waals surface area contributed by atoms with Gasteiger partial charge < -0.3 is 19.2 Å². The maximum Gasteiger partial charge on any atom is 0.336 e. The predicted octanol–water partition coefficient (Wildman–Crippen LogP) is 3.42. The fourth-order valence-corrected chi connectivity index (χ4v) is 2.39. The first-order valence-electron chi connectivity index (χ1n) is 7.18. The van der Waals surface area contributed by atoms with Crippen LogP contribution in [0.15, 0.2) is 57.7 Å². The van der Waals surface area contributed by atoms with Crippen molar-refractivity contribution in [1.82, 2.24) is 0 Å². The Morgan fingerprint density at radius 2 is 1.65 bits per heavy atom. The van der Waals surface area contributed by atoms with Gasteiger partial charge in [0.05, 0.1) is 14.2 Å². The molecule has 0 bridgehead atoms. The topological polar surface area (TPSA) is 60.7 Å². The van der Waals surface area contributed by atoms with Crippen LogP contribution in [-0.4, -0.2) is 14.2 Å². The number of nitrogens with one attached hydrogen (secondary N) is 1. The standard InChI is InChI=1S/C18H17NO4/c1-21-14-5-3-13(4-6-14)19-11-12-9-18(20)23-17-10-15(22-2)7-8-16(12)17/h3-10,19H,11H2,1-2H3. The normalized spacial score (nSPS) is 10.5. The molecule has 0 fully saturated rings.